The Balaban J connectivity index is 1.54. The van der Waals surface area contributed by atoms with Gasteiger partial charge >= 0.3 is 0 Å². The molecule has 10 heteroatoms. The van der Waals surface area contributed by atoms with Gasteiger partial charge in [0.05, 0.1) is 11.1 Å². The molecule has 9 nitrogen and oxygen atoms in total. The minimum atomic E-state index is -0.513. The standard InChI is InChI=1S/C24H26FN7O2/c1-13-9-32(10-14(2)27-13)20-5-4-17(23-18(20)8-26-21(12-33)29-23)24(34)28-16-6-15-11-31(3)30-22(15)19(25)7-16/h4-8,11,13-14,27,33H,9-10,12H2,1-3H3,(H,28,34). The van der Waals surface area contributed by atoms with Crippen molar-refractivity contribution >= 4 is 39.1 Å². The molecular formula is C24H26FN7O2. The molecule has 3 N–H and O–H groups in total. The van der Waals surface area contributed by atoms with Gasteiger partial charge in [0, 0.05) is 66.8 Å². The number of fused-ring (bicyclic) bond motifs is 2. The van der Waals surface area contributed by atoms with E-state index in [0.29, 0.717) is 34.2 Å². The molecule has 0 saturated carbocycles. The van der Waals surface area contributed by atoms with Crippen LogP contribution < -0.4 is 15.5 Å². The number of aliphatic hydroxyl groups excluding tert-OH is 1. The Morgan fingerprint density at radius 2 is 2.00 bits per heavy atom. The summed E-state index contributed by atoms with van der Waals surface area (Å²) in [6.07, 6.45) is 3.34. The fourth-order valence-electron chi connectivity index (χ4n) is 4.68. The van der Waals surface area contributed by atoms with Crippen LogP contribution in [-0.2, 0) is 13.7 Å². The average molecular weight is 464 g/mol. The predicted molar refractivity (Wildman–Crippen MR) is 128 cm³/mol. The Hall–Kier alpha value is -3.63. The van der Waals surface area contributed by atoms with Crippen LogP contribution in [0.25, 0.3) is 21.8 Å². The summed E-state index contributed by atoms with van der Waals surface area (Å²) in [4.78, 5) is 24.3. The number of rotatable bonds is 4. The second-order valence-corrected chi connectivity index (χ2v) is 8.87. The first-order valence-electron chi connectivity index (χ1n) is 11.2. The summed E-state index contributed by atoms with van der Waals surface area (Å²) in [5.74, 6) is -0.715. The van der Waals surface area contributed by atoms with Crippen LogP contribution in [0, 0.1) is 5.82 Å². The van der Waals surface area contributed by atoms with Crippen LogP contribution in [0.5, 0.6) is 0 Å². The van der Waals surface area contributed by atoms with Crippen LogP contribution >= 0.6 is 0 Å². The van der Waals surface area contributed by atoms with Gasteiger partial charge in [0.15, 0.2) is 11.6 Å². The number of aromatic nitrogens is 4. The van der Waals surface area contributed by atoms with Crippen LogP contribution in [0.15, 0.2) is 36.7 Å². The van der Waals surface area contributed by atoms with Crippen molar-refractivity contribution in [2.24, 2.45) is 7.05 Å². The van der Waals surface area contributed by atoms with Gasteiger partial charge in [-0.25, -0.2) is 14.4 Å². The second-order valence-electron chi connectivity index (χ2n) is 8.87. The Kier molecular flexibility index (Phi) is 5.62. The van der Waals surface area contributed by atoms with Crippen molar-refractivity contribution in [3.8, 4) is 0 Å². The summed E-state index contributed by atoms with van der Waals surface area (Å²) in [5.41, 5.74) is 2.25. The molecule has 1 aliphatic heterocycles. The fraction of sp³-hybridized carbons (Fsp3) is 0.333. The fourth-order valence-corrected chi connectivity index (χ4v) is 4.68. The van der Waals surface area contributed by atoms with Gasteiger partial charge in [-0.3, -0.25) is 9.48 Å². The molecule has 5 rings (SSSR count). The molecule has 4 aromatic rings. The lowest BCUT2D eigenvalue weighted by atomic mass is 10.0. The van der Waals surface area contributed by atoms with Crippen molar-refractivity contribution < 1.29 is 14.3 Å². The van der Waals surface area contributed by atoms with E-state index in [0.717, 1.165) is 24.2 Å². The zero-order valence-corrected chi connectivity index (χ0v) is 19.2. The highest BCUT2D eigenvalue weighted by Gasteiger charge is 2.24. The largest absolute Gasteiger partial charge is 0.388 e. The number of piperazine rings is 1. The van der Waals surface area contributed by atoms with Crippen molar-refractivity contribution in [1.82, 2.24) is 25.1 Å². The average Bonchev–Trinajstić information content (AvgIpc) is 3.18. The quantitative estimate of drug-likeness (QED) is 0.427. The number of halogens is 1. The number of nitrogens with one attached hydrogen (secondary N) is 2. The highest BCUT2D eigenvalue weighted by Crippen LogP contribution is 2.30. The Bertz CT molecular complexity index is 1390. The van der Waals surface area contributed by atoms with Crippen molar-refractivity contribution in [3.63, 3.8) is 0 Å². The molecule has 1 amide bonds. The summed E-state index contributed by atoms with van der Waals surface area (Å²) in [7, 11) is 1.71. The summed E-state index contributed by atoms with van der Waals surface area (Å²) in [6.45, 7) is 5.52. The molecule has 34 heavy (non-hydrogen) atoms. The number of aliphatic hydroxyl groups is 1. The highest BCUT2D eigenvalue weighted by molar-refractivity contribution is 6.14. The van der Waals surface area contributed by atoms with Gasteiger partial charge in [0.1, 0.15) is 12.1 Å². The number of amides is 1. The van der Waals surface area contributed by atoms with Gasteiger partial charge in [-0.2, -0.15) is 5.10 Å². The second kappa shape index (κ2) is 8.62. The van der Waals surface area contributed by atoms with Gasteiger partial charge in [-0.05, 0) is 38.1 Å². The molecule has 1 saturated heterocycles. The van der Waals surface area contributed by atoms with E-state index in [1.54, 1.807) is 31.6 Å². The molecule has 1 aliphatic rings. The minimum Gasteiger partial charge on any atom is -0.388 e. The maximum atomic E-state index is 14.5. The van der Waals surface area contributed by atoms with Gasteiger partial charge in [-0.15, -0.1) is 0 Å². The third-order valence-corrected chi connectivity index (χ3v) is 6.00. The van der Waals surface area contributed by atoms with E-state index in [4.69, 9.17) is 0 Å². The molecule has 0 spiro atoms. The van der Waals surface area contributed by atoms with Gasteiger partial charge < -0.3 is 20.6 Å². The number of benzene rings is 2. The summed E-state index contributed by atoms with van der Waals surface area (Å²) >= 11 is 0. The van der Waals surface area contributed by atoms with E-state index >= 15 is 0 Å². The van der Waals surface area contributed by atoms with Crippen molar-refractivity contribution in [2.45, 2.75) is 32.5 Å². The van der Waals surface area contributed by atoms with Crippen molar-refractivity contribution in [3.05, 3.63) is 53.9 Å². The molecule has 0 aliphatic carbocycles. The normalized spacial score (nSPS) is 18.6. The first kappa shape index (κ1) is 22.2. The molecule has 2 atom stereocenters. The van der Waals surface area contributed by atoms with E-state index in [1.165, 1.54) is 10.7 Å². The smallest absolute Gasteiger partial charge is 0.257 e. The third kappa shape index (κ3) is 4.06. The molecule has 3 heterocycles. The number of hydrogen-bond acceptors (Lipinski definition) is 7. The highest BCUT2D eigenvalue weighted by atomic mass is 19.1. The van der Waals surface area contributed by atoms with Crippen molar-refractivity contribution in [2.75, 3.05) is 23.3 Å². The monoisotopic (exact) mass is 463 g/mol. The number of anilines is 2. The Morgan fingerprint density at radius 1 is 1.24 bits per heavy atom. The third-order valence-electron chi connectivity index (χ3n) is 6.00. The molecule has 2 aromatic heterocycles. The molecular weight excluding hydrogens is 437 g/mol. The van der Waals surface area contributed by atoms with Crippen LogP contribution in [0.4, 0.5) is 15.8 Å². The zero-order chi connectivity index (χ0) is 24.0. The molecule has 1 fully saturated rings. The van der Waals surface area contributed by atoms with E-state index in [-0.39, 0.29) is 17.9 Å². The van der Waals surface area contributed by atoms with E-state index in [2.05, 4.69) is 44.4 Å². The Morgan fingerprint density at radius 3 is 2.74 bits per heavy atom. The van der Waals surface area contributed by atoms with Gasteiger partial charge in [0.25, 0.3) is 5.91 Å². The molecule has 2 aromatic carbocycles. The lowest BCUT2D eigenvalue weighted by Crippen LogP contribution is -2.54. The van der Waals surface area contributed by atoms with E-state index in [1.807, 2.05) is 6.07 Å². The number of carbonyl (C=O) groups excluding carboxylic acids is 1. The lowest BCUT2D eigenvalue weighted by Gasteiger charge is -2.38. The van der Waals surface area contributed by atoms with Gasteiger partial charge in [-0.1, -0.05) is 0 Å². The lowest BCUT2D eigenvalue weighted by molar-refractivity contribution is 0.102. The number of nitrogens with zero attached hydrogens (tertiary/aromatic N) is 5. The topological polar surface area (TPSA) is 108 Å². The van der Waals surface area contributed by atoms with Crippen molar-refractivity contribution in [1.29, 1.82) is 0 Å². The van der Waals surface area contributed by atoms with Crippen LogP contribution in [0.1, 0.15) is 30.0 Å². The first-order chi connectivity index (χ1) is 16.3. The van der Waals surface area contributed by atoms with Crippen LogP contribution in [0.2, 0.25) is 0 Å². The van der Waals surface area contributed by atoms with Gasteiger partial charge in [0.2, 0.25) is 0 Å². The molecule has 176 valence electrons. The van der Waals surface area contributed by atoms with E-state index in [9.17, 15) is 14.3 Å². The maximum Gasteiger partial charge on any atom is 0.257 e. The SMILES string of the molecule is CC1CN(c2ccc(C(=O)Nc3cc(F)c4nn(C)cc4c3)c3nc(CO)ncc23)CC(C)N1. The molecule has 2 unspecified atom stereocenters. The number of hydrogen-bond donors (Lipinski definition) is 3. The molecule has 0 bridgehead atoms. The molecule has 0 radical (unpaired) electrons. The zero-order valence-electron chi connectivity index (χ0n) is 19.2. The number of aryl methyl sites for hydroxylation is 1. The minimum absolute atomic E-state index is 0.226. The summed E-state index contributed by atoms with van der Waals surface area (Å²) in [5, 5.41) is 21.3. The maximum absolute atomic E-state index is 14.5. The summed E-state index contributed by atoms with van der Waals surface area (Å²) < 4.78 is 16.0. The first-order valence-corrected chi connectivity index (χ1v) is 11.2. The predicted octanol–water partition coefficient (Wildman–Crippen LogP) is 2.59. The van der Waals surface area contributed by atoms with E-state index < -0.39 is 11.7 Å². The Labute approximate surface area is 195 Å². The van der Waals surface area contributed by atoms with Crippen LogP contribution in [-0.4, -0.2) is 55.9 Å². The van der Waals surface area contributed by atoms with Crippen LogP contribution in [0.3, 0.4) is 0 Å². The number of carbonyl (C=O) groups is 1. The summed E-state index contributed by atoms with van der Waals surface area (Å²) in [6, 6.07) is 7.15.